The molecule has 5 heteroatoms. The van der Waals surface area contributed by atoms with Gasteiger partial charge in [-0.15, -0.1) is 0 Å². The van der Waals surface area contributed by atoms with Crippen LogP contribution in [0.15, 0.2) is 18.2 Å². The molecule has 0 fully saturated rings. The van der Waals surface area contributed by atoms with Crippen LogP contribution in [0, 0.1) is 0 Å². The molecule has 2 aliphatic rings. The number of ether oxygens (including phenoxy) is 1. The van der Waals surface area contributed by atoms with Gasteiger partial charge in [0.05, 0.1) is 6.26 Å². The molecule has 64 valence electrons. The van der Waals surface area contributed by atoms with E-state index < -0.39 is 10.1 Å². The van der Waals surface area contributed by atoms with Crippen molar-refractivity contribution in [2.45, 2.75) is 0 Å². The standard InChI is InChI=1S/C7H6O4S/c1-12(8,9)11-7-5-3-2-4-6(7)10-5/h2-4H,1H3. The van der Waals surface area contributed by atoms with Crippen LogP contribution in [0.1, 0.15) is 0 Å². The summed E-state index contributed by atoms with van der Waals surface area (Å²) in [5, 5.41) is 0. The van der Waals surface area contributed by atoms with Crippen molar-refractivity contribution in [2.24, 2.45) is 0 Å². The Balaban J connectivity index is 2.36. The number of fused-ring (bicyclic) bond motifs is 2. The van der Waals surface area contributed by atoms with Crippen LogP contribution in [0.3, 0.4) is 0 Å². The predicted molar refractivity (Wildman–Crippen MR) is 42.0 cm³/mol. The van der Waals surface area contributed by atoms with Crippen LogP contribution in [0.4, 0.5) is 0 Å². The Morgan fingerprint density at radius 2 is 1.92 bits per heavy atom. The van der Waals surface area contributed by atoms with Crippen molar-refractivity contribution < 1.29 is 17.3 Å². The smallest absolute Gasteiger partial charge is 0.306 e. The largest absolute Gasteiger partial charge is 0.449 e. The van der Waals surface area contributed by atoms with Gasteiger partial charge in [0.25, 0.3) is 0 Å². The fourth-order valence-electron chi connectivity index (χ4n) is 0.962. The number of benzene rings is 1. The summed E-state index contributed by atoms with van der Waals surface area (Å²) in [5.41, 5.74) is 0. The van der Waals surface area contributed by atoms with Crippen LogP contribution >= 0.6 is 0 Å². The molecule has 0 saturated heterocycles. The van der Waals surface area contributed by atoms with E-state index in [1.807, 2.05) is 0 Å². The first-order chi connectivity index (χ1) is 5.56. The minimum atomic E-state index is -3.44. The average molecular weight is 186 g/mol. The Morgan fingerprint density at radius 3 is 2.33 bits per heavy atom. The number of hydrogen-bond donors (Lipinski definition) is 0. The second-order valence-corrected chi connectivity index (χ2v) is 4.05. The Morgan fingerprint density at radius 1 is 1.33 bits per heavy atom. The molecule has 0 saturated carbocycles. The van der Waals surface area contributed by atoms with E-state index in [4.69, 9.17) is 4.74 Å². The van der Waals surface area contributed by atoms with Crippen molar-refractivity contribution in [1.29, 1.82) is 0 Å². The molecule has 0 N–H and O–H groups in total. The normalized spacial score (nSPS) is 13.1. The first-order valence-electron chi connectivity index (χ1n) is 3.26. The van der Waals surface area contributed by atoms with Gasteiger partial charge in [0.1, 0.15) is 0 Å². The van der Waals surface area contributed by atoms with Gasteiger partial charge in [-0.05, 0) is 12.1 Å². The lowest BCUT2D eigenvalue weighted by Gasteiger charge is -2.21. The molecular formula is C7H6O4S. The lowest BCUT2D eigenvalue weighted by atomic mass is 10.2. The highest BCUT2D eigenvalue weighted by Crippen LogP contribution is 2.49. The van der Waals surface area contributed by atoms with Crippen LogP contribution in [0.25, 0.3) is 0 Å². The fourth-order valence-corrected chi connectivity index (χ4v) is 1.43. The Hall–Kier alpha value is -1.23. The molecule has 0 spiro atoms. The first-order valence-corrected chi connectivity index (χ1v) is 5.08. The van der Waals surface area contributed by atoms with Crippen LogP contribution in [0.2, 0.25) is 0 Å². The summed E-state index contributed by atoms with van der Waals surface area (Å²) in [4.78, 5) is 0. The molecule has 0 aromatic heterocycles. The molecule has 0 aliphatic carbocycles. The molecule has 0 amide bonds. The van der Waals surface area contributed by atoms with Gasteiger partial charge >= 0.3 is 10.1 Å². The van der Waals surface area contributed by atoms with Crippen molar-refractivity contribution in [3.8, 4) is 17.2 Å². The van der Waals surface area contributed by atoms with Gasteiger partial charge in [-0.3, -0.25) is 0 Å². The molecule has 1 aromatic carbocycles. The van der Waals surface area contributed by atoms with Crippen LogP contribution in [0.5, 0.6) is 17.2 Å². The molecule has 0 unspecified atom stereocenters. The van der Waals surface area contributed by atoms with Gasteiger partial charge < -0.3 is 8.92 Å². The summed E-state index contributed by atoms with van der Waals surface area (Å²) in [5.74, 6) is 1.25. The first kappa shape index (κ1) is 7.42. The van der Waals surface area contributed by atoms with Crippen LogP contribution in [-0.4, -0.2) is 14.7 Å². The van der Waals surface area contributed by atoms with Crippen molar-refractivity contribution in [3.63, 3.8) is 0 Å². The van der Waals surface area contributed by atoms with E-state index in [2.05, 4.69) is 4.18 Å². The Kier molecular flexibility index (Phi) is 1.32. The molecule has 1 aromatic rings. The van der Waals surface area contributed by atoms with Gasteiger partial charge in [0.2, 0.25) is 5.75 Å². The number of hydrogen-bond acceptors (Lipinski definition) is 4. The lowest BCUT2D eigenvalue weighted by molar-refractivity contribution is 0.368. The molecule has 2 aliphatic heterocycles. The van der Waals surface area contributed by atoms with Crippen molar-refractivity contribution in [3.05, 3.63) is 18.2 Å². The molecule has 4 nitrogen and oxygen atoms in total. The molecule has 0 atom stereocenters. The number of para-hydroxylation sites is 1. The van der Waals surface area contributed by atoms with E-state index in [0.717, 1.165) is 6.26 Å². The molecule has 12 heavy (non-hydrogen) atoms. The quantitative estimate of drug-likeness (QED) is 0.660. The maximum Gasteiger partial charge on any atom is 0.306 e. The van der Waals surface area contributed by atoms with Gasteiger partial charge in [-0.1, -0.05) is 6.07 Å². The third-order valence-electron chi connectivity index (χ3n) is 1.40. The summed E-state index contributed by atoms with van der Waals surface area (Å²) in [7, 11) is -3.44. The SMILES string of the molecule is CS(=O)(=O)Oc1c2cccc1O2. The van der Waals surface area contributed by atoms with E-state index in [-0.39, 0.29) is 0 Å². The molecule has 2 heterocycles. The summed E-state index contributed by atoms with van der Waals surface area (Å²) in [6.45, 7) is 0. The predicted octanol–water partition coefficient (Wildman–Crippen LogP) is 1.13. The van der Waals surface area contributed by atoms with Gasteiger partial charge in [0, 0.05) is 0 Å². The molecule has 3 rings (SSSR count). The third-order valence-corrected chi connectivity index (χ3v) is 1.87. The second-order valence-electron chi connectivity index (χ2n) is 2.47. The Labute approximate surface area is 69.9 Å². The zero-order valence-electron chi connectivity index (χ0n) is 6.27. The van der Waals surface area contributed by atoms with Crippen molar-refractivity contribution in [2.75, 3.05) is 6.26 Å². The molecule has 2 bridgehead atoms. The highest BCUT2D eigenvalue weighted by molar-refractivity contribution is 7.86. The topological polar surface area (TPSA) is 52.6 Å². The van der Waals surface area contributed by atoms with E-state index >= 15 is 0 Å². The summed E-state index contributed by atoms with van der Waals surface area (Å²) < 4.78 is 31.1. The number of rotatable bonds is 2. The van der Waals surface area contributed by atoms with E-state index in [1.165, 1.54) is 0 Å². The monoisotopic (exact) mass is 186 g/mol. The second kappa shape index (κ2) is 2.13. The highest BCUT2D eigenvalue weighted by Gasteiger charge is 2.25. The fraction of sp³-hybridized carbons (Fsp3) is 0.143. The van der Waals surface area contributed by atoms with E-state index in [1.54, 1.807) is 18.2 Å². The Bertz CT molecular complexity index is 401. The zero-order valence-corrected chi connectivity index (χ0v) is 7.09. The summed E-state index contributed by atoms with van der Waals surface area (Å²) >= 11 is 0. The van der Waals surface area contributed by atoms with Crippen LogP contribution < -0.4 is 8.92 Å². The van der Waals surface area contributed by atoms with Gasteiger partial charge in [-0.2, -0.15) is 8.42 Å². The molecular weight excluding hydrogens is 180 g/mol. The summed E-state index contributed by atoms with van der Waals surface area (Å²) in [6.07, 6.45) is 0.999. The molecule has 0 radical (unpaired) electrons. The average Bonchev–Trinajstić information content (AvgIpc) is 2.00. The summed E-state index contributed by atoms with van der Waals surface area (Å²) in [6, 6.07) is 5.06. The minimum absolute atomic E-state index is 0.306. The maximum absolute atomic E-state index is 10.7. The maximum atomic E-state index is 10.7. The third kappa shape index (κ3) is 1.12. The van der Waals surface area contributed by atoms with Crippen molar-refractivity contribution >= 4 is 10.1 Å². The van der Waals surface area contributed by atoms with Crippen molar-refractivity contribution in [1.82, 2.24) is 0 Å². The lowest BCUT2D eigenvalue weighted by Crippen LogP contribution is -2.11. The van der Waals surface area contributed by atoms with Gasteiger partial charge in [-0.25, -0.2) is 0 Å². The minimum Gasteiger partial charge on any atom is -0.449 e. The van der Waals surface area contributed by atoms with Gasteiger partial charge in [0.15, 0.2) is 11.5 Å². The zero-order chi connectivity index (χ0) is 8.77. The highest BCUT2D eigenvalue weighted by atomic mass is 32.2. The van der Waals surface area contributed by atoms with Crippen LogP contribution in [-0.2, 0) is 10.1 Å². The van der Waals surface area contributed by atoms with E-state index in [0.29, 0.717) is 17.2 Å². The van der Waals surface area contributed by atoms with E-state index in [9.17, 15) is 8.42 Å².